The van der Waals surface area contributed by atoms with Crippen LogP contribution in [0.3, 0.4) is 0 Å². The lowest BCUT2D eigenvalue weighted by Gasteiger charge is -2.22. The van der Waals surface area contributed by atoms with Gasteiger partial charge in [0, 0.05) is 45.6 Å². The fraction of sp³-hybridized carbons (Fsp3) is 0.263. The summed E-state index contributed by atoms with van der Waals surface area (Å²) < 4.78 is 10.7. The Morgan fingerprint density at radius 1 is 1.04 bits per heavy atom. The van der Waals surface area contributed by atoms with E-state index in [1.165, 1.54) is 23.1 Å². The van der Waals surface area contributed by atoms with E-state index in [1.807, 2.05) is 0 Å². The molecule has 27 heavy (non-hydrogen) atoms. The van der Waals surface area contributed by atoms with Crippen molar-refractivity contribution >= 4 is 22.9 Å². The van der Waals surface area contributed by atoms with E-state index < -0.39 is 0 Å². The van der Waals surface area contributed by atoms with Gasteiger partial charge in [0.25, 0.3) is 11.8 Å². The average molecular weight is 368 g/mol. The monoisotopic (exact) mass is 368 g/mol. The van der Waals surface area contributed by atoms with Crippen molar-refractivity contribution in [2.75, 3.05) is 34.3 Å². The molecule has 0 aromatic carbocycles. The number of hydrogen-bond acceptors (Lipinski definition) is 6. The summed E-state index contributed by atoms with van der Waals surface area (Å²) in [5.41, 5.74) is 1.42. The Hall–Kier alpha value is -3.42. The van der Waals surface area contributed by atoms with Gasteiger partial charge in [-0.2, -0.15) is 0 Å². The summed E-state index contributed by atoms with van der Waals surface area (Å²) in [4.78, 5) is 36.3. The topological polar surface area (TPSA) is 88.8 Å². The number of amides is 2. The zero-order valence-electron chi connectivity index (χ0n) is 15.4. The van der Waals surface area contributed by atoms with Crippen molar-refractivity contribution in [1.29, 1.82) is 0 Å². The van der Waals surface area contributed by atoms with E-state index in [4.69, 9.17) is 9.15 Å². The first-order chi connectivity index (χ1) is 13.0. The number of likely N-dealkylation sites (N-methyl/N-ethyl adjacent to an activating group) is 2. The maximum atomic E-state index is 12.5. The number of carbonyl (C=O) groups is 2. The van der Waals surface area contributed by atoms with Gasteiger partial charge in [-0.3, -0.25) is 14.6 Å². The summed E-state index contributed by atoms with van der Waals surface area (Å²) >= 11 is 0. The first-order valence-corrected chi connectivity index (χ1v) is 8.35. The predicted molar refractivity (Wildman–Crippen MR) is 98.7 cm³/mol. The summed E-state index contributed by atoms with van der Waals surface area (Å²) in [6.45, 7) is 0.667. The van der Waals surface area contributed by atoms with Gasteiger partial charge >= 0.3 is 0 Å². The standard InChI is InChI=1S/C19H20N4O4/c1-22(18(24)16-12-13-14(27-16)6-4-8-20-13)10-11-23(2)19(25)17-15(26-3)7-5-9-21-17/h4-9,12H,10-11H2,1-3H3. The molecular formula is C19H20N4O4. The van der Waals surface area contributed by atoms with Gasteiger partial charge in [-0.25, -0.2) is 4.98 Å². The molecule has 0 spiro atoms. The second kappa shape index (κ2) is 7.86. The molecule has 0 N–H and O–H groups in total. The number of rotatable bonds is 6. The molecule has 8 nitrogen and oxygen atoms in total. The fourth-order valence-corrected chi connectivity index (χ4v) is 2.56. The highest BCUT2D eigenvalue weighted by molar-refractivity contribution is 5.96. The lowest BCUT2D eigenvalue weighted by Crippen LogP contribution is -2.37. The molecule has 140 valence electrons. The highest BCUT2D eigenvalue weighted by Crippen LogP contribution is 2.18. The van der Waals surface area contributed by atoms with Crippen molar-refractivity contribution in [3.63, 3.8) is 0 Å². The lowest BCUT2D eigenvalue weighted by atomic mass is 10.3. The van der Waals surface area contributed by atoms with Crippen LogP contribution in [0.2, 0.25) is 0 Å². The Kier molecular flexibility index (Phi) is 5.35. The second-order valence-electron chi connectivity index (χ2n) is 6.01. The van der Waals surface area contributed by atoms with Crippen molar-refractivity contribution < 1.29 is 18.7 Å². The van der Waals surface area contributed by atoms with E-state index in [9.17, 15) is 9.59 Å². The third kappa shape index (κ3) is 3.89. The van der Waals surface area contributed by atoms with Crippen LogP contribution < -0.4 is 4.74 Å². The molecule has 0 unspecified atom stereocenters. The molecule has 0 aliphatic heterocycles. The van der Waals surface area contributed by atoms with Crippen molar-refractivity contribution in [2.45, 2.75) is 0 Å². The molecule has 0 aliphatic carbocycles. The minimum absolute atomic E-state index is 0.214. The molecule has 3 aromatic heterocycles. The predicted octanol–water partition coefficient (Wildman–Crippen LogP) is 2.08. The summed E-state index contributed by atoms with van der Waals surface area (Å²) in [6, 6.07) is 8.49. The Bertz CT molecular complexity index is 936. The molecule has 3 rings (SSSR count). The number of carbonyl (C=O) groups excluding carboxylic acids is 2. The van der Waals surface area contributed by atoms with Crippen molar-refractivity contribution in [2.24, 2.45) is 0 Å². The first-order valence-electron chi connectivity index (χ1n) is 8.35. The van der Waals surface area contributed by atoms with Crippen LogP contribution in [0.25, 0.3) is 11.1 Å². The molecule has 2 amide bonds. The third-order valence-corrected chi connectivity index (χ3v) is 4.16. The van der Waals surface area contributed by atoms with Gasteiger partial charge in [0.05, 0.1) is 7.11 Å². The van der Waals surface area contributed by atoms with E-state index in [0.29, 0.717) is 29.9 Å². The number of hydrogen-bond donors (Lipinski definition) is 0. The summed E-state index contributed by atoms with van der Waals surface area (Å²) in [5.74, 6) is 0.0747. The largest absolute Gasteiger partial charge is 0.494 e. The summed E-state index contributed by atoms with van der Waals surface area (Å²) in [7, 11) is 4.80. The van der Waals surface area contributed by atoms with Gasteiger partial charge < -0.3 is 19.0 Å². The molecule has 0 fully saturated rings. The van der Waals surface area contributed by atoms with Crippen molar-refractivity contribution in [1.82, 2.24) is 19.8 Å². The van der Waals surface area contributed by atoms with Gasteiger partial charge in [-0.05, 0) is 24.3 Å². The average Bonchev–Trinajstić information content (AvgIpc) is 3.14. The smallest absolute Gasteiger partial charge is 0.289 e. The number of aromatic nitrogens is 2. The maximum Gasteiger partial charge on any atom is 0.289 e. The Balaban J connectivity index is 1.63. The fourth-order valence-electron chi connectivity index (χ4n) is 2.56. The summed E-state index contributed by atoms with van der Waals surface area (Å²) in [5, 5.41) is 0. The summed E-state index contributed by atoms with van der Waals surface area (Å²) in [6.07, 6.45) is 3.18. The Morgan fingerprint density at radius 3 is 2.41 bits per heavy atom. The van der Waals surface area contributed by atoms with E-state index >= 15 is 0 Å². The minimum atomic E-state index is -0.277. The van der Waals surface area contributed by atoms with E-state index in [0.717, 1.165) is 0 Å². The highest BCUT2D eigenvalue weighted by Gasteiger charge is 2.21. The zero-order valence-corrected chi connectivity index (χ0v) is 15.4. The molecule has 0 atom stereocenters. The van der Waals surface area contributed by atoms with Crippen LogP contribution in [0.5, 0.6) is 5.75 Å². The number of nitrogens with zero attached hydrogens (tertiary/aromatic N) is 4. The molecule has 0 saturated carbocycles. The second-order valence-corrected chi connectivity index (χ2v) is 6.01. The SMILES string of the molecule is COc1cccnc1C(=O)N(C)CCN(C)C(=O)c1cc2ncccc2o1. The molecule has 8 heteroatoms. The molecule has 3 heterocycles. The molecular weight excluding hydrogens is 348 g/mol. The number of pyridine rings is 2. The number of furan rings is 1. The minimum Gasteiger partial charge on any atom is -0.494 e. The Morgan fingerprint density at radius 2 is 1.70 bits per heavy atom. The third-order valence-electron chi connectivity index (χ3n) is 4.16. The maximum absolute atomic E-state index is 12.5. The van der Waals surface area contributed by atoms with Gasteiger partial charge in [0.1, 0.15) is 11.3 Å². The van der Waals surface area contributed by atoms with Crippen molar-refractivity contribution in [3.8, 4) is 5.75 Å². The molecule has 3 aromatic rings. The molecule has 0 bridgehead atoms. The van der Waals surface area contributed by atoms with Crippen LogP contribution in [-0.4, -0.2) is 65.9 Å². The van der Waals surface area contributed by atoms with Gasteiger partial charge in [0.15, 0.2) is 17.0 Å². The highest BCUT2D eigenvalue weighted by atomic mass is 16.5. The van der Waals surface area contributed by atoms with Crippen LogP contribution in [0.1, 0.15) is 21.0 Å². The lowest BCUT2D eigenvalue weighted by molar-refractivity contribution is 0.0698. The molecule has 0 radical (unpaired) electrons. The van der Waals surface area contributed by atoms with Gasteiger partial charge in [-0.15, -0.1) is 0 Å². The van der Waals surface area contributed by atoms with Crippen LogP contribution >= 0.6 is 0 Å². The quantitative estimate of drug-likeness (QED) is 0.662. The van der Waals surface area contributed by atoms with E-state index in [2.05, 4.69) is 9.97 Å². The van der Waals surface area contributed by atoms with E-state index in [1.54, 1.807) is 50.6 Å². The number of methoxy groups -OCH3 is 1. The normalized spacial score (nSPS) is 10.6. The van der Waals surface area contributed by atoms with Crippen LogP contribution in [-0.2, 0) is 0 Å². The number of ether oxygens (including phenoxy) is 1. The van der Waals surface area contributed by atoms with Crippen LogP contribution in [0, 0.1) is 0 Å². The van der Waals surface area contributed by atoms with Gasteiger partial charge in [-0.1, -0.05) is 0 Å². The number of fused-ring (bicyclic) bond motifs is 1. The van der Waals surface area contributed by atoms with Crippen LogP contribution in [0.4, 0.5) is 0 Å². The van der Waals surface area contributed by atoms with E-state index in [-0.39, 0.29) is 23.3 Å². The molecule has 0 saturated heterocycles. The zero-order chi connectivity index (χ0) is 19.4. The van der Waals surface area contributed by atoms with Crippen molar-refractivity contribution in [3.05, 3.63) is 54.2 Å². The van der Waals surface area contributed by atoms with Gasteiger partial charge in [0.2, 0.25) is 0 Å². The Labute approximate surface area is 156 Å². The first kappa shape index (κ1) is 18.4. The molecule has 0 aliphatic rings. The van der Waals surface area contributed by atoms with Crippen LogP contribution in [0.15, 0.2) is 47.1 Å².